The molecule has 0 spiro atoms. The van der Waals surface area contributed by atoms with Gasteiger partial charge in [0.15, 0.2) is 0 Å². The van der Waals surface area contributed by atoms with Gasteiger partial charge in [0.2, 0.25) is 0 Å². The van der Waals surface area contributed by atoms with Crippen LogP contribution in [0.2, 0.25) is 0 Å². The van der Waals surface area contributed by atoms with E-state index in [2.05, 4.69) is 27.4 Å². The van der Waals surface area contributed by atoms with Gasteiger partial charge in [-0.1, -0.05) is 39.0 Å². The van der Waals surface area contributed by atoms with E-state index in [0.29, 0.717) is 18.1 Å². The molecule has 0 aliphatic carbocycles. The van der Waals surface area contributed by atoms with Crippen LogP contribution in [0.15, 0.2) is 23.8 Å². The molecule has 0 saturated carbocycles. The molecule has 1 fully saturated rings. The molecular weight excluding hydrogens is 316 g/mol. The molecule has 0 aromatic heterocycles. The minimum atomic E-state index is -0.0932. The maximum Gasteiger partial charge on any atom is 0.139 e. The van der Waals surface area contributed by atoms with Crippen LogP contribution in [0, 0.1) is 11.8 Å². The summed E-state index contributed by atoms with van der Waals surface area (Å²) < 4.78 is 5.85. The summed E-state index contributed by atoms with van der Waals surface area (Å²) in [6, 6.07) is 0. The van der Waals surface area contributed by atoms with Crippen molar-refractivity contribution in [3.63, 3.8) is 0 Å². The minimum absolute atomic E-state index is 0.00864. The molecule has 0 aromatic carbocycles. The van der Waals surface area contributed by atoms with Crippen LogP contribution in [0.4, 0.5) is 0 Å². The highest BCUT2D eigenvalue weighted by molar-refractivity contribution is 5.82. The zero-order valence-electron chi connectivity index (χ0n) is 16.4. The highest BCUT2D eigenvalue weighted by Gasteiger charge is 2.50. The van der Waals surface area contributed by atoms with Crippen molar-refractivity contribution < 1.29 is 19.7 Å². The molecule has 25 heavy (non-hydrogen) atoms. The second-order valence-corrected chi connectivity index (χ2v) is 7.91. The molecule has 1 heterocycles. The lowest BCUT2D eigenvalue weighted by Crippen LogP contribution is -2.15. The predicted molar refractivity (Wildman–Crippen MR) is 101 cm³/mol. The Kier molecular flexibility index (Phi) is 9.04. The molecule has 4 heteroatoms. The second kappa shape index (κ2) is 10.2. The first-order valence-electron chi connectivity index (χ1n) is 9.51. The van der Waals surface area contributed by atoms with Crippen molar-refractivity contribution in [3.05, 3.63) is 23.8 Å². The van der Waals surface area contributed by atoms with E-state index in [-0.39, 0.29) is 30.8 Å². The number of aliphatic hydroxyl groups excluding tert-OH is 2. The van der Waals surface area contributed by atoms with Gasteiger partial charge in [0.05, 0.1) is 24.9 Å². The molecule has 144 valence electrons. The second-order valence-electron chi connectivity index (χ2n) is 7.91. The standard InChI is InChI=1S/C21H36O4/c1-15(2)17(4)13-19(24)16(3)7-6-11-21(5)20(25-21)9-8-18(14-23)10-12-22/h10,15-16,20,22-23H,4,6-9,11-14H2,1-3,5H3/b18-10-. The first-order chi connectivity index (χ1) is 11.7. The van der Waals surface area contributed by atoms with Crippen molar-refractivity contribution in [1.82, 2.24) is 0 Å². The summed E-state index contributed by atoms with van der Waals surface area (Å²) >= 11 is 0. The number of hydrogen-bond donors (Lipinski definition) is 2. The summed E-state index contributed by atoms with van der Waals surface area (Å²) in [4.78, 5) is 12.2. The molecule has 0 bridgehead atoms. The molecule has 0 aromatic rings. The van der Waals surface area contributed by atoms with Crippen molar-refractivity contribution in [3.8, 4) is 0 Å². The zero-order chi connectivity index (χ0) is 19.0. The molecule has 1 aliphatic heterocycles. The van der Waals surface area contributed by atoms with E-state index < -0.39 is 0 Å². The van der Waals surface area contributed by atoms with Crippen LogP contribution in [0.5, 0.6) is 0 Å². The van der Waals surface area contributed by atoms with Crippen LogP contribution in [0.25, 0.3) is 0 Å². The number of carbonyl (C=O) groups is 1. The minimum Gasteiger partial charge on any atom is -0.392 e. The van der Waals surface area contributed by atoms with E-state index in [4.69, 9.17) is 9.84 Å². The van der Waals surface area contributed by atoms with Gasteiger partial charge in [-0.15, -0.1) is 0 Å². The lowest BCUT2D eigenvalue weighted by atomic mass is 9.89. The zero-order valence-corrected chi connectivity index (χ0v) is 16.4. The lowest BCUT2D eigenvalue weighted by Gasteiger charge is -2.14. The summed E-state index contributed by atoms with van der Waals surface area (Å²) in [5.74, 6) is 0.725. The number of aliphatic hydroxyl groups is 2. The third-order valence-electron chi connectivity index (χ3n) is 5.42. The molecule has 2 N–H and O–H groups in total. The third kappa shape index (κ3) is 7.43. The van der Waals surface area contributed by atoms with E-state index in [1.807, 2.05) is 6.92 Å². The molecule has 3 unspecified atom stereocenters. The van der Waals surface area contributed by atoms with Crippen molar-refractivity contribution in [2.24, 2.45) is 11.8 Å². The van der Waals surface area contributed by atoms with Gasteiger partial charge in [0, 0.05) is 12.3 Å². The molecule has 0 radical (unpaired) electrons. The fourth-order valence-electron chi connectivity index (χ4n) is 3.09. The summed E-state index contributed by atoms with van der Waals surface area (Å²) in [5.41, 5.74) is 1.79. The van der Waals surface area contributed by atoms with E-state index in [0.717, 1.165) is 43.3 Å². The fraction of sp³-hybridized carbons (Fsp3) is 0.762. The normalized spacial score (nSPS) is 24.4. The first kappa shape index (κ1) is 22.1. The van der Waals surface area contributed by atoms with Crippen molar-refractivity contribution >= 4 is 5.78 Å². The lowest BCUT2D eigenvalue weighted by molar-refractivity contribution is -0.122. The Morgan fingerprint density at radius 2 is 2.00 bits per heavy atom. The average Bonchev–Trinajstić information content (AvgIpc) is 3.21. The topological polar surface area (TPSA) is 70.1 Å². The van der Waals surface area contributed by atoms with Gasteiger partial charge >= 0.3 is 0 Å². The van der Waals surface area contributed by atoms with E-state index in [1.165, 1.54) is 0 Å². The molecule has 1 aliphatic rings. The maximum atomic E-state index is 12.2. The highest BCUT2D eigenvalue weighted by atomic mass is 16.6. The van der Waals surface area contributed by atoms with Gasteiger partial charge in [0.1, 0.15) is 5.78 Å². The molecule has 1 rings (SSSR count). The number of carbonyl (C=O) groups excluding carboxylic acids is 1. The summed E-state index contributed by atoms with van der Waals surface area (Å²) in [6.45, 7) is 12.2. The largest absolute Gasteiger partial charge is 0.392 e. The number of allylic oxidation sites excluding steroid dienone is 1. The highest BCUT2D eigenvalue weighted by Crippen LogP contribution is 2.44. The number of epoxide rings is 1. The molecule has 3 atom stereocenters. The SMILES string of the molecule is C=C(CC(=O)C(C)CCCC1(C)OC1CC/C(=C/CO)CO)C(C)C. The number of ether oxygens (including phenoxy) is 1. The molecular formula is C21H36O4. The van der Waals surface area contributed by atoms with Crippen LogP contribution in [-0.4, -0.2) is 40.9 Å². The first-order valence-corrected chi connectivity index (χ1v) is 9.51. The number of ketones is 1. The van der Waals surface area contributed by atoms with Crippen molar-refractivity contribution in [2.75, 3.05) is 13.2 Å². The van der Waals surface area contributed by atoms with Crippen LogP contribution >= 0.6 is 0 Å². The van der Waals surface area contributed by atoms with Gasteiger partial charge in [-0.05, 0) is 50.5 Å². The van der Waals surface area contributed by atoms with E-state index in [1.54, 1.807) is 6.08 Å². The molecule has 1 saturated heterocycles. The molecule has 4 nitrogen and oxygen atoms in total. The van der Waals surface area contributed by atoms with Crippen molar-refractivity contribution in [1.29, 1.82) is 0 Å². The van der Waals surface area contributed by atoms with Gasteiger partial charge in [0.25, 0.3) is 0 Å². The van der Waals surface area contributed by atoms with Gasteiger partial charge < -0.3 is 14.9 Å². The Hall–Kier alpha value is -0.970. The molecule has 0 amide bonds. The van der Waals surface area contributed by atoms with Gasteiger partial charge in [-0.3, -0.25) is 4.79 Å². The Labute approximate surface area is 153 Å². The number of rotatable bonds is 13. The van der Waals surface area contributed by atoms with Crippen molar-refractivity contribution in [2.45, 2.75) is 77.9 Å². The Morgan fingerprint density at radius 3 is 2.56 bits per heavy atom. The summed E-state index contributed by atoms with van der Waals surface area (Å²) in [5, 5.41) is 18.1. The average molecular weight is 353 g/mol. The van der Waals surface area contributed by atoms with Crippen LogP contribution in [-0.2, 0) is 9.53 Å². The monoisotopic (exact) mass is 352 g/mol. The number of Topliss-reactive ketones (excluding diaryl/α,β-unsaturated/α-hetero) is 1. The van der Waals surface area contributed by atoms with Crippen LogP contribution in [0.3, 0.4) is 0 Å². The third-order valence-corrected chi connectivity index (χ3v) is 5.42. The smallest absolute Gasteiger partial charge is 0.139 e. The maximum absolute atomic E-state index is 12.2. The predicted octanol–water partition coefficient (Wildman–Crippen LogP) is 3.81. The quantitative estimate of drug-likeness (QED) is 0.390. The van der Waals surface area contributed by atoms with Gasteiger partial charge in [-0.25, -0.2) is 0 Å². The van der Waals surface area contributed by atoms with Gasteiger partial charge in [-0.2, -0.15) is 0 Å². The van der Waals surface area contributed by atoms with Crippen LogP contribution in [0.1, 0.15) is 66.2 Å². The summed E-state index contributed by atoms with van der Waals surface area (Å²) in [7, 11) is 0. The van der Waals surface area contributed by atoms with E-state index in [9.17, 15) is 9.90 Å². The Morgan fingerprint density at radius 1 is 1.32 bits per heavy atom. The summed E-state index contributed by atoms with van der Waals surface area (Å²) in [6.07, 6.45) is 6.82. The van der Waals surface area contributed by atoms with Crippen LogP contribution < -0.4 is 0 Å². The van der Waals surface area contributed by atoms with E-state index >= 15 is 0 Å². The Balaban J connectivity index is 2.27. The fourth-order valence-corrected chi connectivity index (χ4v) is 3.09. The number of hydrogen-bond acceptors (Lipinski definition) is 4. The Bertz CT molecular complexity index is 480.